The van der Waals surface area contributed by atoms with Crippen molar-refractivity contribution in [2.45, 2.75) is 58.0 Å². The van der Waals surface area contributed by atoms with Gasteiger partial charge in [0.15, 0.2) is 5.65 Å². The van der Waals surface area contributed by atoms with Crippen molar-refractivity contribution in [3.8, 4) is 5.88 Å². The highest BCUT2D eigenvalue weighted by molar-refractivity contribution is 5.89. The molecule has 1 fully saturated rings. The molecular formula is C25H31N5O3. The van der Waals surface area contributed by atoms with Crippen LogP contribution in [0, 0.1) is 13.8 Å². The van der Waals surface area contributed by atoms with Crippen LogP contribution in [-0.4, -0.2) is 45.8 Å². The third kappa shape index (κ3) is 5.16. The van der Waals surface area contributed by atoms with Crippen molar-refractivity contribution in [2.75, 3.05) is 7.11 Å². The first-order valence-corrected chi connectivity index (χ1v) is 11.4. The molecule has 0 bridgehead atoms. The van der Waals surface area contributed by atoms with Gasteiger partial charge in [-0.3, -0.25) is 9.59 Å². The fraction of sp³-hybridized carbons (Fsp3) is 0.440. The summed E-state index contributed by atoms with van der Waals surface area (Å²) in [7, 11) is 3.43. The summed E-state index contributed by atoms with van der Waals surface area (Å²) >= 11 is 0. The Hall–Kier alpha value is -3.42. The minimum absolute atomic E-state index is 0.120. The fourth-order valence-electron chi connectivity index (χ4n) is 4.20. The number of carbonyl (C=O) groups is 2. The van der Waals surface area contributed by atoms with Crippen molar-refractivity contribution >= 4 is 22.8 Å². The number of fused-ring (bicyclic) bond motifs is 1. The zero-order valence-corrected chi connectivity index (χ0v) is 19.6. The monoisotopic (exact) mass is 449 g/mol. The minimum Gasteiger partial charge on any atom is -0.479 e. The summed E-state index contributed by atoms with van der Waals surface area (Å²) in [6, 6.07) is 9.40. The van der Waals surface area contributed by atoms with Gasteiger partial charge >= 0.3 is 0 Å². The highest BCUT2D eigenvalue weighted by Gasteiger charge is 2.28. The van der Waals surface area contributed by atoms with Crippen LogP contribution in [0.4, 0.5) is 0 Å². The summed E-state index contributed by atoms with van der Waals surface area (Å²) in [4.78, 5) is 30.4. The molecule has 2 amide bonds. The van der Waals surface area contributed by atoms with Gasteiger partial charge in [-0.05, 0) is 49.8 Å². The van der Waals surface area contributed by atoms with E-state index in [1.165, 1.54) is 0 Å². The molecule has 1 atom stereocenters. The van der Waals surface area contributed by atoms with E-state index in [4.69, 9.17) is 9.72 Å². The van der Waals surface area contributed by atoms with Gasteiger partial charge in [-0.15, -0.1) is 5.10 Å². The molecule has 0 radical (unpaired) electrons. The van der Waals surface area contributed by atoms with E-state index in [9.17, 15) is 9.59 Å². The fourth-order valence-corrected chi connectivity index (χ4v) is 4.20. The van der Waals surface area contributed by atoms with Crippen LogP contribution in [0.1, 0.15) is 41.6 Å². The van der Waals surface area contributed by atoms with Gasteiger partial charge in [0.1, 0.15) is 6.04 Å². The van der Waals surface area contributed by atoms with E-state index in [1.807, 2.05) is 51.2 Å². The zero-order chi connectivity index (χ0) is 23.5. The third-order valence-corrected chi connectivity index (χ3v) is 6.18. The molecule has 1 aliphatic carbocycles. The average molecular weight is 450 g/mol. The second kappa shape index (κ2) is 9.60. The molecule has 2 N–H and O–H groups in total. The van der Waals surface area contributed by atoms with Crippen LogP contribution in [-0.2, 0) is 29.5 Å². The minimum atomic E-state index is -0.596. The van der Waals surface area contributed by atoms with Gasteiger partial charge in [0.25, 0.3) is 0 Å². The van der Waals surface area contributed by atoms with Crippen molar-refractivity contribution in [2.24, 2.45) is 7.05 Å². The first-order chi connectivity index (χ1) is 15.9. The summed E-state index contributed by atoms with van der Waals surface area (Å²) in [5.74, 6) is 0.257. The summed E-state index contributed by atoms with van der Waals surface area (Å²) in [5.41, 5.74) is 4.66. The van der Waals surface area contributed by atoms with Crippen LogP contribution in [0.2, 0.25) is 0 Å². The lowest BCUT2D eigenvalue weighted by molar-refractivity contribution is -0.129. The smallest absolute Gasteiger partial charge is 0.243 e. The molecule has 2 aromatic heterocycles. The molecule has 1 saturated carbocycles. The molecule has 2 heterocycles. The van der Waals surface area contributed by atoms with Crippen LogP contribution in [0.25, 0.3) is 11.0 Å². The van der Waals surface area contributed by atoms with Gasteiger partial charge in [-0.25, -0.2) is 9.67 Å². The number of amides is 2. The molecule has 33 heavy (non-hydrogen) atoms. The van der Waals surface area contributed by atoms with Gasteiger partial charge < -0.3 is 15.4 Å². The second-order valence-electron chi connectivity index (χ2n) is 8.72. The maximum Gasteiger partial charge on any atom is 0.243 e. The molecule has 0 aliphatic heterocycles. The number of benzene rings is 1. The van der Waals surface area contributed by atoms with Gasteiger partial charge in [-0.1, -0.05) is 30.3 Å². The van der Waals surface area contributed by atoms with Crippen molar-refractivity contribution in [1.82, 2.24) is 25.4 Å². The number of nitrogens with zero attached hydrogens (tertiary/aromatic N) is 3. The molecule has 8 heteroatoms. The molecule has 8 nitrogen and oxygen atoms in total. The van der Waals surface area contributed by atoms with Crippen LogP contribution in [0.5, 0.6) is 5.88 Å². The van der Waals surface area contributed by atoms with E-state index in [0.29, 0.717) is 18.7 Å². The zero-order valence-electron chi connectivity index (χ0n) is 19.6. The van der Waals surface area contributed by atoms with Crippen molar-refractivity contribution in [1.29, 1.82) is 0 Å². The Kier molecular flexibility index (Phi) is 6.62. The van der Waals surface area contributed by atoms with Crippen LogP contribution >= 0.6 is 0 Å². The van der Waals surface area contributed by atoms with Gasteiger partial charge in [-0.2, -0.15) is 0 Å². The highest BCUT2D eigenvalue weighted by Crippen LogP contribution is 2.30. The van der Waals surface area contributed by atoms with Gasteiger partial charge in [0.2, 0.25) is 17.7 Å². The highest BCUT2D eigenvalue weighted by atomic mass is 16.5. The quantitative estimate of drug-likeness (QED) is 0.523. The van der Waals surface area contributed by atoms with E-state index < -0.39 is 6.04 Å². The Morgan fingerprint density at radius 2 is 1.94 bits per heavy atom. The van der Waals surface area contributed by atoms with Crippen LogP contribution in [0.3, 0.4) is 0 Å². The number of rotatable bonds is 9. The molecular weight excluding hydrogens is 418 g/mol. The lowest BCUT2D eigenvalue weighted by atomic mass is 9.99. The van der Waals surface area contributed by atoms with Crippen molar-refractivity contribution < 1.29 is 14.3 Å². The molecule has 174 valence electrons. The van der Waals surface area contributed by atoms with E-state index >= 15 is 0 Å². The SMILES string of the molecule is COc1nn(C)c2nc(C)c(CCC(=O)NC(Cc3ccccc3)C(=O)NC3CC3)c(C)c12. The average Bonchev–Trinajstić information content (AvgIpc) is 3.55. The Balaban J connectivity index is 1.47. The Labute approximate surface area is 193 Å². The Morgan fingerprint density at radius 1 is 1.21 bits per heavy atom. The standard InChI is InChI=1S/C25H31N5O3/c1-15-19(16(2)26-23-22(15)25(33-4)29-30(23)3)12-13-21(31)28-20(24(32)27-18-10-11-18)14-17-8-6-5-7-9-17/h5-9,18,20H,10-14H2,1-4H3,(H,27,32)(H,28,31). The van der Waals surface area contributed by atoms with E-state index in [0.717, 1.165) is 46.3 Å². The van der Waals surface area contributed by atoms with Crippen molar-refractivity contribution in [3.05, 3.63) is 52.7 Å². The Morgan fingerprint density at radius 3 is 2.61 bits per heavy atom. The van der Waals surface area contributed by atoms with Gasteiger partial charge in [0.05, 0.1) is 12.5 Å². The van der Waals surface area contributed by atoms with E-state index in [-0.39, 0.29) is 24.3 Å². The lowest BCUT2D eigenvalue weighted by Gasteiger charge is -2.19. The largest absolute Gasteiger partial charge is 0.479 e. The molecule has 0 spiro atoms. The summed E-state index contributed by atoms with van der Waals surface area (Å²) < 4.78 is 7.13. The predicted molar refractivity (Wildman–Crippen MR) is 126 cm³/mol. The molecule has 1 aliphatic rings. The number of ether oxygens (including phenoxy) is 1. The molecule has 1 unspecified atom stereocenters. The third-order valence-electron chi connectivity index (χ3n) is 6.18. The van der Waals surface area contributed by atoms with Crippen LogP contribution < -0.4 is 15.4 Å². The molecule has 1 aromatic carbocycles. The maximum atomic E-state index is 12.9. The summed E-state index contributed by atoms with van der Waals surface area (Å²) in [6.07, 6.45) is 3.25. The van der Waals surface area contributed by atoms with Crippen molar-refractivity contribution in [3.63, 3.8) is 0 Å². The molecule has 0 saturated heterocycles. The number of aryl methyl sites for hydroxylation is 3. The first-order valence-electron chi connectivity index (χ1n) is 11.4. The van der Waals surface area contributed by atoms with E-state index in [2.05, 4.69) is 15.7 Å². The molecule has 4 rings (SSSR count). The number of aromatic nitrogens is 3. The topological polar surface area (TPSA) is 98.1 Å². The van der Waals surface area contributed by atoms with E-state index in [1.54, 1.807) is 11.8 Å². The second-order valence-corrected chi connectivity index (χ2v) is 8.72. The maximum absolute atomic E-state index is 12.9. The van der Waals surface area contributed by atoms with Crippen LogP contribution in [0.15, 0.2) is 30.3 Å². The number of carbonyl (C=O) groups excluding carboxylic acids is 2. The number of methoxy groups -OCH3 is 1. The number of hydrogen-bond acceptors (Lipinski definition) is 5. The molecule has 3 aromatic rings. The number of nitrogens with one attached hydrogen (secondary N) is 2. The number of hydrogen-bond donors (Lipinski definition) is 2. The lowest BCUT2D eigenvalue weighted by Crippen LogP contribution is -2.48. The number of pyridine rings is 1. The van der Waals surface area contributed by atoms with Gasteiger partial charge in [0, 0.05) is 31.6 Å². The summed E-state index contributed by atoms with van der Waals surface area (Å²) in [5, 5.41) is 11.2. The first kappa shape index (κ1) is 22.8. The Bertz CT molecular complexity index is 1170. The predicted octanol–water partition coefficient (Wildman–Crippen LogP) is 2.53. The summed E-state index contributed by atoms with van der Waals surface area (Å²) in [6.45, 7) is 3.95. The normalized spacial score (nSPS) is 14.2.